The van der Waals surface area contributed by atoms with E-state index >= 15 is 0 Å². The second-order valence-corrected chi connectivity index (χ2v) is 4.96. The van der Waals surface area contributed by atoms with Crippen molar-refractivity contribution >= 4 is 45.9 Å². The zero-order chi connectivity index (χ0) is 16.4. The molecule has 1 amide bonds. The highest BCUT2D eigenvalue weighted by atomic mass is 35.5. The summed E-state index contributed by atoms with van der Waals surface area (Å²) in [4.78, 5) is 15.4. The van der Waals surface area contributed by atoms with Crippen LogP contribution in [0.1, 0.15) is 0 Å². The maximum absolute atomic E-state index is 13.3. The second-order valence-electron chi connectivity index (χ2n) is 4.55. The highest BCUT2D eigenvalue weighted by Gasteiger charge is 2.17. The Morgan fingerprint density at radius 1 is 1.39 bits per heavy atom. The van der Waals surface area contributed by atoms with Gasteiger partial charge in [0.15, 0.2) is 5.58 Å². The molecule has 118 valence electrons. The summed E-state index contributed by atoms with van der Waals surface area (Å²) in [5.41, 5.74) is 1.48. The molecule has 2 N–H and O–H groups in total. The number of hydrogen-bond acceptors (Lipinski definition) is 5. The summed E-state index contributed by atoms with van der Waals surface area (Å²) in [5.74, 6) is -0.369. The molecule has 3 rings (SSSR count). The summed E-state index contributed by atoms with van der Waals surface area (Å²) in [5, 5.41) is 6.19. The van der Waals surface area contributed by atoms with Crippen LogP contribution < -0.4 is 10.6 Å². The van der Waals surface area contributed by atoms with Crippen LogP contribution in [0.3, 0.4) is 0 Å². The maximum Gasteiger partial charge on any atom is 0.413 e. The number of anilines is 3. The molecule has 0 fully saturated rings. The molecule has 3 aromatic rings. The van der Waals surface area contributed by atoms with Gasteiger partial charge in [0, 0.05) is 17.3 Å². The lowest BCUT2D eigenvalue weighted by atomic mass is 10.2. The van der Waals surface area contributed by atoms with Crippen LogP contribution in [0.2, 0.25) is 5.02 Å². The lowest BCUT2D eigenvalue weighted by Gasteiger charge is -2.08. The quantitative estimate of drug-likeness (QED) is 0.734. The number of methoxy groups -OCH3 is 1. The van der Waals surface area contributed by atoms with E-state index < -0.39 is 11.9 Å². The molecule has 0 spiro atoms. The number of halogens is 2. The highest BCUT2D eigenvalue weighted by Crippen LogP contribution is 2.37. The van der Waals surface area contributed by atoms with Gasteiger partial charge in [0.1, 0.15) is 11.5 Å². The molecule has 0 aliphatic carbocycles. The van der Waals surface area contributed by atoms with E-state index in [1.165, 1.54) is 31.5 Å². The van der Waals surface area contributed by atoms with Gasteiger partial charge in [-0.1, -0.05) is 11.6 Å². The zero-order valence-corrected chi connectivity index (χ0v) is 12.6. The minimum Gasteiger partial charge on any atom is -0.453 e. The molecule has 0 aliphatic rings. The average Bonchev–Trinajstić information content (AvgIpc) is 2.88. The minimum absolute atomic E-state index is 0.0213. The van der Waals surface area contributed by atoms with Crippen molar-refractivity contribution < 1.29 is 18.3 Å². The Labute approximate surface area is 135 Å². The number of pyridine rings is 1. The first-order chi connectivity index (χ1) is 11.1. The monoisotopic (exact) mass is 335 g/mol. The van der Waals surface area contributed by atoms with Gasteiger partial charge in [-0.2, -0.15) is 0 Å². The van der Waals surface area contributed by atoms with Crippen LogP contribution >= 0.6 is 11.6 Å². The molecule has 0 saturated carbocycles. The number of amides is 1. The second kappa shape index (κ2) is 6.13. The van der Waals surface area contributed by atoms with Gasteiger partial charge in [0.2, 0.25) is 5.88 Å². The minimum atomic E-state index is -0.683. The number of carbonyl (C=O) groups excluding carboxylic acids is 1. The largest absolute Gasteiger partial charge is 0.453 e. The van der Waals surface area contributed by atoms with Crippen molar-refractivity contribution in [2.45, 2.75) is 0 Å². The topological polar surface area (TPSA) is 76.4 Å². The van der Waals surface area contributed by atoms with Crippen LogP contribution in [-0.2, 0) is 4.74 Å². The van der Waals surface area contributed by atoms with Crippen molar-refractivity contribution in [2.75, 3.05) is 17.7 Å². The number of ether oxygens (including phenoxy) is 1. The average molecular weight is 336 g/mol. The Hall–Kier alpha value is -2.80. The molecule has 8 heteroatoms. The molecule has 0 radical (unpaired) electrons. The van der Waals surface area contributed by atoms with Crippen LogP contribution in [0, 0.1) is 5.82 Å². The van der Waals surface area contributed by atoms with Gasteiger partial charge in [0.05, 0.1) is 18.3 Å². The molecule has 2 heterocycles. The third-order valence-electron chi connectivity index (χ3n) is 3.08. The third kappa shape index (κ3) is 3.04. The number of carbonyl (C=O) groups is 1. The van der Waals surface area contributed by atoms with E-state index in [1.807, 2.05) is 0 Å². The lowest BCUT2D eigenvalue weighted by molar-refractivity contribution is 0.186. The predicted octanol–water partition coefficient (Wildman–Crippen LogP) is 4.54. The van der Waals surface area contributed by atoms with Crippen LogP contribution in [0.15, 0.2) is 41.1 Å². The SMILES string of the molecule is COC(=O)Nc1oc2cnccc2c1Nc1ccc(F)c(Cl)c1. The summed E-state index contributed by atoms with van der Waals surface area (Å²) < 4.78 is 23.4. The molecule has 1 aromatic carbocycles. The summed E-state index contributed by atoms with van der Waals surface area (Å²) in [6, 6.07) is 5.90. The molecule has 6 nitrogen and oxygen atoms in total. The number of benzene rings is 1. The van der Waals surface area contributed by atoms with E-state index in [4.69, 9.17) is 16.0 Å². The first-order valence-electron chi connectivity index (χ1n) is 6.52. The Morgan fingerprint density at radius 3 is 2.96 bits per heavy atom. The van der Waals surface area contributed by atoms with Crippen LogP contribution in [0.5, 0.6) is 0 Å². The zero-order valence-electron chi connectivity index (χ0n) is 11.9. The van der Waals surface area contributed by atoms with Crippen molar-refractivity contribution in [3.8, 4) is 0 Å². The fourth-order valence-corrected chi connectivity index (χ4v) is 2.21. The standard InChI is InChI=1S/C15H11ClFN3O3/c1-22-15(21)20-14-13(9-4-5-18-7-12(9)23-14)19-8-2-3-11(17)10(16)6-8/h2-7,19H,1H3,(H,20,21). The molecule has 0 bridgehead atoms. The molecule has 23 heavy (non-hydrogen) atoms. The van der Waals surface area contributed by atoms with Crippen molar-refractivity contribution in [1.29, 1.82) is 0 Å². The van der Waals surface area contributed by atoms with E-state index in [0.717, 1.165) is 0 Å². The summed E-state index contributed by atoms with van der Waals surface area (Å²) in [6.45, 7) is 0. The molecule has 0 atom stereocenters. The number of nitrogens with one attached hydrogen (secondary N) is 2. The molecule has 0 aliphatic heterocycles. The fourth-order valence-electron chi connectivity index (χ4n) is 2.03. The van der Waals surface area contributed by atoms with Crippen LogP contribution in [-0.4, -0.2) is 18.2 Å². The van der Waals surface area contributed by atoms with E-state index in [0.29, 0.717) is 22.3 Å². The number of furan rings is 1. The fraction of sp³-hybridized carbons (Fsp3) is 0.0667. The van der Waals surface area contributed by atoms with Gasteiger partial charge in [0.25, 0.3) is 0 Å². The van der Waals surface area contributed by atoms with E-state index in [-0.39, 0.29) is 10.9 Å². The van der Waals surface area contributed by atoms with Gasteiger partial charge in [-0.05, 0) is 24.3 Å². The molecular formula is C15H11ClFN3O3. The van der Waals surface area contributed by atoms with E-state index in [9.17, 15) is 9.18 Å². The first-order valence-corrected chi connectivity index (χ1v) is 6.90. The molecular weight excluding hydrogens is 325 g/mol. The molecule has 0 unspecified atom stereocenters. The van der Waals surface area contributed by atoms with Crippen molar-refractivity contribution in [3.05, 3.63) is 47.5 Å². The van der Waals surface area contributed by atoms with Crippen LogP contribution in [0.25, 0.3) is 11.0 Å². The predicted molar refractivity (Wildman–Crippen MR) is 84.7 cm³/mol. The smallest absolute Gasteiger partial charge is 0.413 e. The van der Waals surface area contributed by atoms with Gasteiger partial charge in [-0.25, -0.2) is 9.18 Å². The van der Waals surface area contributed by atoms with Crippen molar-refractivity contribution in [1.82, 2.24) is 4.98 Å². The van der Waals surface area contributed by atoms with Gasteiger partial charge in [-0.15, -0.1) is 0 Å². The van der Waals surface area contributed by atoms with E-state index in [2.05, 4.69) is 20.4 Å². The first kappa shape index (κ1) is 15.1. The molecule has 2 aromatic heterocycles. The van der Waals surface area contributed by atoms with Crippen LogP contribution in [0.4, 0.5) is 26.4 Å². The van der Waals surface area contributed by atoms with Gasteiger partial charge >= 0.3 is 6.09 Å². The Morgan fingerprint density at radius 2 is 2.22 bits per heavy atom. The number of fused-ring (bicyclic) bond motifs is 1. The number of aromatic nitrogens is 1. The van der Waals surface area contributed by atoms with Crippen molar-refractivity contribution in [2.24, 2.45) is 0 Å². The van der Waals surface area contributed by atoms with E-state index in [1.54, 1.807) is 12.3 Å². The lowest BCUT2D eigenvalue weighted by Crippen LogP contribution is -2.11. The molecule has 0 saturated heterocycles. The summed E-state index contributed by atoms with van der Waals surface area (Å²) in [7, 11) is 1.24. The normalized spacial score (nSPS) is 10.6. The summed E-state index contributed by atoms with van der Waals surface area (Å²) in [6.07, 6.45) is 2.42. The number of rotatable bonds is 3. The Kier molecular flexibility index (Phi) is 4.03. The third-order valence-corrected chi connectivity index (χ3v) is 3.37. The highest BCUT2D eigenvalue weighted by molar-refractivity contribution is 6.31. The number of hydrogen-bond donors (Lipinski definition) is 2. The number of nitrogens with zero attached hydrogens (tertiary/aromatic N) is 1. The van der Waals surface area contributed by atoms with Crippen molar-refractivity contribution in [3.63, 3.8) is 0 Å². The Balaban J connectivity index is 2.04. The van der Waals surface area contributed by atoms with Gasteiger partial charge in [-0.3, -0.25) is 10.3 Å². The Bertz CT molecular complexity index is 882. The van der Waals surface area contributed by atoms with Gasteiger partial charge < -0.3 is 14.5 Å². The summed E-state index contributed by atoms with van der Waals surface area (Å²) >= 11 is 5.78. The maximum atomic E-state index is 13.3.